The van der Waals surface area contributed by atoms with Gasteiger partial charge in [0.25, 0.3) is 5.56 Å². The third-order valence-corrected chi connectivity index (χ3v) is 2.72. The van der Waals surface area contributed by atoms with Crippen molar-refractivity contribution in [3.8, 4) is 6.07 Å². The number of ether oxygens (including phenoxy) is 1. The number of pyridine rings is 1. The van der Waals surface area contributed by atoms with E-state index in [0.29, 0.717) is 12.1 Å². The minimum atomic E-state index is -0.958. The molecule has 0 spiro atoms. The third kappa shape index (κ3) is 3.54. The van der Waals surface area contributed by atoms with Crippen molar-refractivity contribution in [3.05, 3.63) is 33.2 Å². The number of hydrogen-bond donors (Lipinski definition) is 1. The number of Topliss-reactive ketones (excluding diaryl/α,β-unsaturated/α-hetero) is 1. The predicted octanol–water partition coefficient (Wildman–Crippen LogP) is 1.33. The molecule has 0 bridgehead atoms. The van der Waals surface area contributed by atoms with Crippen molar-refractivity contribution in [1.29, 1.82) is 5.26 Å². The van der Waals surface area contributed by atoms with Gasteiger partial charge in [-0.15, -0.1) is 0 Å². The highest BCUT2D eigenvalue weighted by Gasteiger charge is 2.22. The van der Waals surface area contributed by atoms with E-state index in [2.05, 4.69) is 4.98 Å². The Morgan fingerprint density at radius 3 is 2.65 bits per heavy atom. The molecule has 1 atom stereocenters. The van der Waals surface area contributed by atoms with Crippen molar-refractivity contribution in [2.75, 3.05) is 0 Å². The van der Waals surface area contributed by atoms with E-state index in [1.165, 1.54) is 19.9 Å². The molecule has 20 heavy (non-hydrogen) atoms. The number of rotatable bonds is 5. The lowest BCUT2D eigenvalue weighted by molar-refractivity contribution is -0.143. The zero-order valence-corrected chi connectivity index (χ0v) is 11.6. The van der Waals surface area contributed by atoms with Gasteiger partial charge in [-0.3, -0.25) is 14.4 Å². The van der Waals surface area contributed by atoms with Gasteiger partial charge in [0.1, 0.15) is 11.6 Å². The number of nitriles is 1. The molecule has 0 saturated carbocycles. The summed E-state index contributed by atoms with van der Waals surface area (Å²) in [7, 11) is 0. The van der Waals surface area contributed by atoms with Crippen LogP contribution in [0.25, 0.3) is 0 Å². The minimum absolute atomic E-state index is 0.136. The summed E-state index contributed by atoms with van der Waals surface area (Å²) in [5, 5.41) is 8.86. The van der Waals surface area contributed by atoms with Gasteiger partial charge < -0.3 is 9.72 Å². The minimum Gasteiger partial charge on any atom is -0.454 e. The molecule has 6 nitrogen and oxygen atoms in total. The van der Waals surface area contributed by atoms with Crippen molar-refractivity contribution >= 4 is 11.8 Å². The summed E-state index contributed by atoms with van der Waals surface area (Å²) in [6.45, 7) is 4.57. The summed E-state index contributed by atoms with van der Waals surface area (Å²) in [6.07, 6.45) is 0.263. The fourth-order valence-electron chi connectivity index (χ4n) is 1.84. The summed E-state index contributed by atoms with van der Waals surface area (Å²) >= 11 is 0. The van der Waals surface area contributed by atoms with Gasteiger partial charge in [0.15, 0.2) is 6.10 Å². The molecular formula is C14H16N2O4. The van der Waals surface area contributed by atoms with Crippen LogP contribution in [0, 0.1) is 11.3 Å². The normalized spacial score (nSPS) is 11.5. The number of carbonyl (C=O) groups excluding carboxylic acids is 2. The average Bonchev–Trinajstić information content (AvgIpc) is 2.38. The number of aryl methyl sites for hydroxylation is 1. The first-order valence-corrected chi connectivity index (χ1v) is 6.28. The van der Waals surface area contributed by atoms with Crippen molar-refractivity contribution in [2.45, 2.75) is 39.7 Å². The van der Waals surface area contributed by atoms with Crippen LogP contribution in [0.3, 0.4) is 0 Å². The Labute approximate surface area is 116 Å². The summed E-state index contributed by atoms with van der Waals surface area (Å²) in [5.41, 5.74) is 0.0214. The second-order valence-corrected chi connectivity index (χ2v) is 4.38. The molecule has 0 amide bonds. The van der Waals surface area contributed by atoms with Gasteiger partial charge in [0.05, 0.1) is 0 Å². The Morgan fingerprint density at radius 1 is 1.50 bits per heavy atom. The first-order chi connectivity index (χ1) is 9.40. The first-order valence-electron chi connectivity index (χ1n) is 6.28. The Balaban J connectivity index is 3.27. The Kier molecular flexibility index (Phi) is 5.21. The van der Waals surface area contributed by atoms with E-state index in [-0.39, 0.29) is 11.1 Å². The Morgan fingerprint density at radius 2 is 2.15 bits per heavy atom. The first kappa shape index (κ1) is 15.6. The maximum Gasteiger partial charge on any atom is 0.303 e. The number of nitrogens with one attached hydrogen (secondary N) is 1. The van der Waals surface area contributed by atoms with E-state index in [4.69, 9.17) is 10.00 Å². The molecule has 0 aliphatic heterocycles. The molecule has 0 radical (unpaired) electrons. The van der Waals surface area contributed by atoms with E-state index in [1.54, 1.807) is 6.07 Å². The highest BCUT2D eigenvalue weighted by atomic mass is 16.5. The van der Waals surface area contributed by atoms with Gasteiger partial charge in [-0.25, -0.2) is 0 Å². The lowest BCUT2D eigenvalue weighted by atomic mass is 10.0. The molecule has 1 aromatic rings. The maximum absolute atomic E-state index is 12.2. The monoisotopic (exact) mass is 276 g/mol. The van der Waals surface area contributed by atoms with Crippen LogP contribution in [-0.2, 0) is 16.0 Å². The van der Waals surface area contributed by atoms with E-state index in [9.17, 15) is 14.4 Å². The van der Waals surface area contributed by atoms with Crippen molar-refractivity contribution < 1.29 is 14.3 Å². The molecule has 0 aliphatic rings. The highest BCUT2D eigenvalue weighted by molar-refractivity contribution is 6.01. The second-order valence-electron chi connectivity index (χ2n) is 4.38. The van der Waals surface area contributed by atoms with Gasteiger partial charge in [-0.05, 0) is 19.4 Å². The van der Waals surface area contributed by atoms with Crippen LogP contribution >= 0.6 is 0 Å². The van der Waals surface area contributed by atoms with E-state index < -0.39 is 23.4 Å². The maximum atomic E-state index is 12.2. The van der Waals surface area contributed by atoms with Crippen LogP contribution in [0.2, 0.25) is 0 Å². The summed E-state index contributed by atoms with van der Waals surface area (Å²) in [4.78, 5) is 37.3. The van der Waals surface area contributed by atoms with Gasteiger partial charge in [0.2, 0.25) is 5.78 Å². The largest absolute Gasteiger partial charge is 0.454 e. The number of aromatic amines is 1. The summed E-state index contributed by atoms with van der Waals surface area (Å²) < 4.78 is 4.84. The third-order valence-electron chi connectivity index (χ3n) is 2.72. The number of hydrogen-bond acceptors (Lipinski definition) is 5. The number of H-pyrrole nitrogens is 1. The van der Waals surface area contributed by atoms with Crippen molar-refractivity contribution in [1.82, 2.24) is 4.98 Å². The molecular weight excluding hydrogens is 260 g/mol. The molecule has 1 heterocycles. The zero-order chi connectivity index (χ0) is 15.3. The molecule has 0 saturated heterocycles. The lowest BCUT2D eigenvalue weighted by Crippen LogP contribution is -2.26. The Bertz CT molecular complexity index is 625. The Hall–Kier alpha value is -2.42. The fraction of sp³-hybridized carbons (Fsp3) is 0.429. The van der Waals surface area contributed by atoms with Crippen LogP contribution in [0.15, 0.2) is 10.9 Å². The smallest absolute Gasteiger partial charge is 0.303 e. The van der Waals surface area contributed by atoms with E-state index >= 15 is 0 Å². The molecule has 106 valence electrons. The predicted molar refractivity (Wildman–Crippen MR) is 71.3 cm³/mol. The van der Waals surface area contributed by atoms with E-state index in [1.807, 2.05) is 6.92 Å². The van der Waals surface area contributed by atoms with Gasteiger partial charge >= 0.3 is 5.97 Å². The summed E-state index contributed by atoms with van der Waals surface area (Å²) in [5.74, 6) is -0.996. The van der Waals surface area contributed by atoms with Crippen LogP contribution in [0.1, 0.15) is 48.8 Å². The van der Waals surface area contributed by atoms with Gasteiger partial charge in [0, 0.05) is 18.2 Å². The zero-order valence-electron chi connectivity index (χ0n) is 11.6. The highest BCUT2D eigenvalue weighted by Crippen LogP contribution is 2.13. The van der Waals surface area contributed by atoms with Crippen molar-refractivity contribution in [2.24, 2.45) is 0 Å². The second kappa shape index (κ2) is 6.66. The lowest BCUT2D eigenvalue weighted by Gasteiger charge is -2.13. The molecule has 0 aliphatic carbocycles. The number of ketones is 1. The molecule has 0 aromatic carbocycles. The fourth-order valence-corrected chi connectivity index (χ4v) is 1.84. The number of nitrogens with zero attached hydrogens (tertiary/aromatic N) is 1. The number of aromatic nitrogens is 1. The van der Waals surface area contributed by atoms with E-state index in [0.717, 1.165) is 6.42 Å². The molecule has 6 heteroatoms. The number of carbonyl (C=O) groups is 2. The molecule has 1 N–H and O–H groups in total. The molecule has 0 fully saturated rings. The molecule has 1 aromatic heterocycles. The molecule has 1 unspecified atom stereocenters. The SMILES string of the molecule is CCCc1[nH]c(=O)c(C#N)cc1C(=O)C(C)OC(C)=O. The van der Waals surface area contributed by atoms with Crippen molar-refractivity contribution in [3.63, 3.8) is 0 Å². The number of esters is 1. The molecule has 1 rings (SSSR count). The quantitative estimate of drug-likeness (QED) is 0.646. The van der Waals surface area contributed by atoms with Crippen LogP contribution < -0.4 is 5.56 Å². The van der Waals surface area contributed by atoms with Gasteiger partial charge in [-0.1, -0.05) is 13.3 Å². The van der Waals surface area contributed by atoms with Gasteiger partial charge in [-0.2, -0.15) is 5.26 Å². The average molecular weight is 276 g/mol. The van der Waals surface area contributed by atoms with Crippen LogP contribution in [-0.4, -0.2) is 22.8 Å². The van der Waals surface area contributed by atoms with Crippen LogP contribution in [0.5, 0.6) is 0 Å². The summed E-state index contributed by atoms with van der Waals surface area (Å²) in [6, 6.07) is 2.99. The standard InChI is InChI=1S/C14H16N2O4/c1-4-5-12-11(6-10(7-15)14(19)16-12)13(18)8(2)20-9(3)17/h6,8H,4-5H2,1-3H3,(H,16,19). The van der Waals surface area contributed by atoms with Crippen LogP contribution in [0.4, 0.5) is 0 Å². The topological polar surface area (TPSA) is 100 Å².